The maximum absolute atomic E-state index is 11.1. The van der Waals surface area contributed by atoms with Gasteiger partial charge in [-0.15, -0.1) is 0 Å². The fraction of sp³-hybridized carbons (Fsp3) is 0.455. The highest BCUT2D eigenvalue weighted by Gasteiger charge is 2.21. The molecule has 1 aromatic carbocycles. The molecule has 0 amide bonds. The van der Waals surface area contributed by atoms with Crippen LogP contribution in [0.1, 0.15) is 6.92 Å². The summed E-state index contributed by atoms with van der Waals surface area (Å²) in [6.45, 7) is 1.82. The Hall–Kier alpha value is -1.63. The Kier molecular flexibility index (Phi) is 5.08. The molecule has 1 aromatic rings. The maximum Gasteiger partial charge on any atom is 0.333 e. The van der Waals surface area contributed by atoms with Crippen LogP contribution in [0.2, 0.25) is 0 Å². The monoisotopic (exact) mass is 272 g/mol. The molecule has 0 aliphatic heterocycles. The number of methoxy groups -OCH3 is 1. The molecule has 0 saturated carbocycles. The summed E-state index contributed by atoms with van der Waals surface area (Å²) in [4.78, 5) is 10.5. The van der Waals surface area contributed by atoms with E-state index in [1.807, 2.05) is 6.92 Å². The Bertz CT molecular complexity index is 464. The normalized spacial score (nSPS) is 13.7. The van der Waals surface area contributed by atoms with Crippen molar-refractivity contribution in [3.05, 3.63) is 28.3 Å². The molecule has 0 unspecified atom stereocenters. The predicted octanol–water partition coefficient (Wildman–Crippen LogP) is 1.78. The van der Waals surface area contributed by atoms with Gasteiger partial charge in [0.05, 0.1) is 12.0 Å². The summed E-state index contributed by atoms with van der Waals surface area (Å²) < 4.78 is 16.1. The second-order valence-corrected chi connectivity index (χ2v) is 5.38. The molecule has 1 N–H and O–H groups in total. The highest BCUT2D eigenvalue weighted by Crippen LogP contribution is 2.34. The van der Waals surface area contributed by atoms with Crippen molar-refractivity contribution in [2.45, 2.75) is 13.0 Å². The van der Waals surface area contributed by atoms with Gasteiger partial charge >= 0.3 is 5.69 Å². The van der Waals surface area contributed by atoms with Crippen molar-refractivity contribution >= 4 is 22.2 Å². The third-order valence-corrected chi connectivity index (χ3v) is 3.26. The first-order valence-corrected chi connectivity index (χ1v) is 7.06. The van der Waals surface area contributed by atoms with Crippen LogP contribution in [0, 0.1) is 10.1 Å². The van der Waals surface area contributed by atoms with Crippen molar-refractivity contribution in [3.63, 3.8) is 0 Å². The Morgan fingerprint density at radius 2 is 2.22 bits per heavy atom. The fourth-order valence-corrected chi connectivity index (χ4v) is 2.44. The van der Waals surface area contributed by atoms with E-state index in [0.29, 0.717) is 11.4 Å². The van der Waals surface area contributed by atoms with Crippen LogP contribution in [-0.2, 0) is 10.8 Å². The average Bonchev–Trinajstić information content (AvgIpc) is 2.26. The van der Waals surface area contributed by atoms with E-state index in [-0.39, 0.29) is 17.5 Å². The minimum atomic E-state index is -0.957. The number of hydrogen-bond donors (Lipinski definition) is 1. The lowest BCUT2D eigenvalue weighted by molar-refractivity contribution is -0.384. The number of anilines is 1. The molecular weight excluding hydrogens is 256 g/mol. The van der Waals surface area contributed by atoms with Gasteiger partial charge in [-0.2, -0.15) is 0 Å². The van der Waals surface area contributed by atoms with Crippen LogP contribution in [0.25, 0.3) is 0 Å². The average molecular weight is 272 g/mol. The number of rotatable bonds is 6. The molecule has 7 heteroatoms. The van der Waals surface area contributed by atoms with E-state index < -0.39 is 15.7 Å². The van der Waals surface area contributed by atoms with E-state index in [0.717, 1.165) is 0 Å². The number of hydrogen-bond acceptors (Lipinski definition) is 5. The molecule has 100 valence electrons. The largest absolute Gasteiger partial charge is 0.490 e. The molecule has 0 bridgehead atoms. The number of para-hydroxylation sites is 1. The zero-order valence-electron chi connectivity index (χ0n) is 10.5. The molecule has 0 aliphatic rings. The molecule has 18 heavy (non-hydrogen) atoms. The zero-order valence-corrected chi connectivity index (χ0v) is 11.3. The van der Waals surface area contributed by atoms with E-state index in [4.69, 9.17) is 4.74 Å². The summed E-state index contributed by atoms with van der Waals surface area (Å²) in [5.41, 5.74) is 0.269. The van der Waals surface area contributed by atoms with Crippen LogP contribution in [0.4, 0.5) is 11.4 Å². The maximum atomic E-state index is 11.1. The lowest BCUT2D eigenvalue weighted by Gasteiger charge is -2.14. The van der Waals surface area contributed by atoms with Crippen molar-refractivity contribution in [3.8, 4) is 5.75 Å². The molecule has 6 nitrogen and oxygen atoms in total. The van der Waals surface area contributed by atoms with Gasteiger partial charge in [-0.1, -0.05) is 6.07 Å². The first kappa shape index (κ1) is 14.4. The predicted molar refractivity (Wildman–Crippen MR) is 71.7 cm³/mol. The van der Waals surface area contributed by atoms with Gasteiger partial charge in [-0.3, -0.25) is 14.3 Å². The number of nitro groups is 1. The molecular formula is C11H16N2O4S. The standard InChI is InChI=1S/C11H16N2O4S/c1-8(7-18(3)16)12-9-5-4-6-10(17-2)11(9)13(14)15/h4-6,8,12H,7H2,1-3H3/t8-,18-/m1/s1. The van der Waals surface area contributed by atoms with Gasteiger partial charge in [0.25, 0.3) is 0 Å². The molecule has 0 radical (unpaired) electrons. The summed E-state index contributed by atoms with van der Waals surface area (Å²) in [7, 11) is 0.428. The van der Waals surface area contributed by atoms with E-state index in [1.54, 1.807) is 18.4 Å². The lowest BCUT2D eigenvalue weighted by atomic mass is 10.2. The molecule has 0 spiro atoms. The summed E-state index contributed by atoms with van der Waals surface area (Å²) in [6, 6.07) is 4.69. The smallest absolute Gasteiger partial charge is 0.333 e. The SMILES string of the molecule is COc1cccc(N[C@H](C)C[S@@](C)=O)c1[N+](=O)[O-]. The molecule has 1 rings (SSSR count). The highest BCUT2D eigenvalue weighted by molar-refractivity contribution is 7.84. The van der Waals surface area contributed by atoms with E-state index in [2.05, 4.69) is 5.32 Å². The van der Waals surface area contributed by atoms with Crippen LogP contribution >= 0.6 is 0 Å². The molecule has 2 atom stereocenters. The van der Waals surface area contributed by atoms with Crippen LogP contribution in [0.15, 0.2) is 18.2 Å². The molecule has 0 aromatic heterocycles. The Morgan fingerprint density at radius 1 is 1.56 bits per heavy atom. The van der Waals surface area contributed by atoms with Gasteiger partial charge < -0.3 is 10.1 Å². The second kappa shape index (κ2) is 6.34. The lowest BCUT2D eigenvalue weighted by Crippen LogP contribution is -2.22. The van der Waals surface area contributed by atoms with Crippen LogP contribution in [0.3, 0.4) is 0 Å². The number of benzene rings is 1. The first-order chi connectivity index (χ1) is 8.45. The summed E-state index contributed by atoms with van der Waals surface area (Å²) in [6.07, 6.45) is 1.60. The number of nitrogens with one attached hydrogen (secondary N) is 1. The summed E-state index contributed by atoms with van der Waals surface area (Å²) >= 11 is 0. The third-order valence-electron chi connectivity index (χ3n) is 2.29. The van der Waals surface area contributed by atoms with Gasteiger partial charge in [0, 0.05) is 28.9 Å². The minimum absolute atomic E-state index is 0.103. The Morgan fingerprint density at radius 3 is 2.72 bits per heavy atom. The van der Waals surface area contributed by atoms with Crippen LogP contribution < -0.4 is 10.1 Å². The van der Waals surface area contributed by atoms with Crippen LogP contribution in [-0.4, -0.2) is 34.3 Å². The van der Waals surface area contributed by atoms with E-state index in [9.17, 15) is 14.3 Å². The zero-order chi connectivity index (χ0) is 13.7. The van der Waals surface area contributed by atoms with Gasteiger partial charge in [0.15, 0.2) is 5.75 Å². The Labute approximate surface area is 108 Å². The van der Waals surface area contributed by atoms with Crippen molar-refractivity contribution in [1.82, 2.24) is 0 Å². The minimum Gasteiger partial charge on any atom is -0.490 e. The van der Waals surface area contributed by atoms with Crippen LogP contribution in [0.5, 0.6) is 5.75 Å². The number of nitrogens with zero attached hydrogens (tertiary/aromatic N) is 1. The van der Waals surface area contributed by atoms with E-state index >= 15 is 0 Å². The quantitative estimate of drug-likeness (QED) is 0.630. The van der Waals surface area contributed by atoms with Gasteiger partial charge in [-0.25, -0.2) is 0 Å². The second-order valence-electron chi connectivity index (χ2n) is 3.90. The molecule has 0 saturated heterocycles. The molecule has 0 aliphatic carbocycles. The van der Waals surface area contributed by atoms with Crippen molar-refractivity contribution in [2.75, 3.05) is 24.4 Å². The van der Waals surface area contributed by atoms with Crippen molar-refractivity contribution in [2.24, 2.45) is 0 Å². The van der Waals surface area contributed by atoms with Crippen molar-refractivity contribution < 1.29 is 13.9 Å². The summed E-state index contributed by atoms with van der Waals surface area (Å²) in [5.74, 6) is 0.629. The van der Waals surface area contributed by atoms with Gasteiger partial charge in [0.2, 0.25) is 0 Å². The number of nitro benzene ring substituents is 1. The Balaban J connectivity index is 3.01. The van der Waals surface area contributed by atoms with E-state index in [1.165, 1.54) is 13.2 Å². The fourth-order valence-electron chi connectivity index (χ4n) is 1.65. The van der Waals surface area contributed by atoms with Gasteiger partial charge in [0.1, 0.15) is 5.69 Å². The molecule has 0 fully saturated rings. The first-order valence-electron chi connectivity index (χ1n) is 5.33. The number of ether oxygens (including phenoxy) is 1. The third kappa shape index (κ3) is 3.69. The van der Waals surface area contributed by atoms with Gasteiger partial charge in [-0.05, 0) is 19.1 Å². The van der Waals surface area contributed by atoms with Crippen molar-refractivity contribution in [1.29, 1.82) is 0 Å². The summed E-state index contributed by atoms with van der Waals surface area (Å²) in [5, 5.41) is 14.0. The topological polar surface area (TPSA) is 81.5 Å². The highest BCUT2D eigenvalue weighted by atomic mass is 32.2. The molecule has 0 heterocycles.